The molecule has 0 radical (unpaired) electrons. The van der Waals surface area contributed by atoms with Crippen LogP contribution in [-0.2, 0) is 20.0 Å². The van der Waals surface area contributed by atoms with E-state index in [2.05, 4.69) is 10.0 Å². The van der Waals surface area contributed by atoms with Gasteiger partial charge >= 0.3 is 0 Å². The normalized spacial score (nSPS) is 12.2. The molecule has 2 N–H and O–H groups in total. The zero-order valence-corrected chi connectivity index (χ0v) is 15.1. The lowest BCUT2D eigenvalue weighted by Gasteiger charge is -2.12. The second-order valence-corrected chi connectivity index (χ2v) is 9.03. The lowest BCUT2D eigenvalue weighted by atomic mass is 10.3. The topological polar surface area (TPSA) is 95.6 Å². The molecular formula is C15H19N3O4S2. The van der Waals surface area contributed by atoms with Gasteiger partial charge in [-0.3, -0.25) is 4.72 Å². The number of hydrogen-bond donors (Lipinski definition) is 2. The molecular weight excluding hydrogens is 350 g/mol. The fourth-order valence-electron chi connectivity index (χ4n) is 1.95. The molecule has 0 unspecified atom stereocenters. The number of hydrogen-bond acceptors (Lipinski definition) is 5. The molecule has 2 aromatic rings. The van der Waals surface area contributed by atoms with E-state index in [9.17, 15) is 16.8 Å². The van der Waals surface area contributed by atoms with Crippen molar-refractivity contribution in [2.45, 2.75) is 9.79 Å². The van der Waals surface area contributed by atoms with Crippen LogP contribution in [0.25, 0.3) is 0 Å². The Morgan fingerprint density at radius 2 is 1.38 bits per heavy atom. The Morgan fingerprint density at radius 1 is 0.833 bits per heavy atom. The van der Waals surface area contributed by atoms with E-state index in [1.54, 1.807) is 31.3 Å². The average molecular weight is 369 g/mol. The predicted octanol–water partition coefficient (Wildman–Crippen LogP) is 1.78. The molecule has 0 aliphatic heterocycles. The molecule has 0 aromatic heterocycles. The maximum Gasteiger partial charge on any atom is 0.261 e. The first-order valence-corrected chi connectivity index (χ1v) is 9.92. The molecule has 0 aliphatic carbocycles. The predicted molar refractivity (Wildman–Crippen MR) is 94.1 cm³/mol. The smallest absolute Gasteiger partial charge is 0.261 e. The van der Waals surface area contributed by atoms with Gasteiger partial charge in [0.15, 0.2) is 0 Å². The summed E-state index contributed by atoms with van der Waals surface area (Å²) in [6.07, 6.45) is 0. The van der Waals surface area contributed by atoms with Crippen LogP contribution in [0, 0.1) is 0 Å². The van der Waals surface area contributed by atoms with Gasteiger partial charge in [-0.15, -0.1) is 0 Å². The third-order valence-electron chi connectivity index (χ3n) is 3.32. The molecule has 24 heavy (non-hydrogen) atoms. The van der Waals surface area contributed by atoms with E-state index in [-0.39, 0.29) is 9.79 Å². The van der Waals surface area contributed by atoms with E-state index < -0.39 is 20.0 Å². The second kappa shape index (κ2) is 6.80. The van der Waals surface area contributed by atoms with Crippen molar-refractivity contribution in [3.8, 4) is 0 Å². The van der Waals surface area contributed by atoms with Gasteiger partial charge in [-0.1, -0.05) is 6.07 Å². The maximum atomic E-state index is 12.4. The van der Waals surface area contributed by atoms with Crippen LogP contribution in [0.2, 0.25) is 0 Å². The first-order valence-electron chi connectivity index (χ1n) is 7.00. The summed E-state index contributed by atoms with van der Waals surface area (Å²) in [5.41, 5.74) is 1.18. The third-order valence-corrected chi connectivity index (χ3v) is 6.54. The van der Waals surface area contributed by atoms with Gasteiger partial charge in [0, 0.05) is 26.8 Å². The van der Waals surface area contributed by atoms with Crippen molar-refractivity contribution in [3.05, 3.63) is 48.5 Å². The van der Waals surface area contributed by atoms with Crippen molar-refractivity contribution in [1.29, 1.82) is 0 Å². The number of sulfonamides is 2. The summed E-state index contributed by atoms with van der Waals surface area (Å²) in [6, 6.07) is 11.9. The van der Waals surface area contributed by atoms with E-state index in [1.807, 2.05) is 0 Å². The van der Waals surface area contributed by atoms with Gasteiger partial charge in [0.05, 0.1) is 15.5 Å². The Kier molecular flexibility index (Phi) is 5.16. The van der Waals surface area contributed by atoms with Crippen LogP contribution < -0.4 is 10.0 Å². The van der Waals surface area contributed by atoms with Gasteiger partial charge in [-0.05, 0) is 42.5 Å². The Balaban J connectivity index is 2.30. The number of rotatable bonds is 6. The van der Waals surface area contributed by atoms with Gasteiger partial charge in [-0.25, -0.2) is 21.1 Å². The Bertz CT molecular complexity index is 921. The van der Waals surface area contributed by atoms with E-state index in [0.29, 0.717) is 5.69 Å². The summed E-state index contributed by atoms with van der Waals surface area (Å²) in [5, 5.41) is 2.92. The minimum atomic E-state index is -3.81. The average Bonchev–Trinajstić information content (AvgIpc) is 2.54. The lowest BCUT2D eigenvalue weighted by molar-refractivity contribution is 0.520. The summed E-state index contributed by atoms with van der Waals surface area (Å²) in [5.74, 6) is 0. The van der Waals surface area contributed by atoms with Gasteiger partial charge in [-0.2, -0.15) is 0 Å². The summed E-state index contributed by atoms with van der Waals surface area (Å²) >= 11 is 0. The van der Waals surface area contributed by atoms with Crippen molar-refractivity contribution in [3.63, 3.8) is 0 Å². The zero-order valence-electron chi connectivity index (χ0n) is 13.5. The zero-order chi connectivity index (χ0) is 18.0. The maximum absolute atomic E-state index is 12.4. The van der Waals surface area contributed by atoms with Crippen LogP contribution in [0.5, 0.6) is 0 Å². The fraction of sp³-hybridized carbons (Fsp3) is 0.200. The highest BCUT2D eigenvalue weighted by Gasteiger charge is 2.19. The van der Waals surface area contributed by atoms with Gasteiger partial charge < -0.3 is 5.32 Å². The quantitative estimate of drug-likeness (QED) is 0.809. The first kappa shape index (κ1) is 18.2. The molecule has 0 atom stereocenters. The Morgan fingerprint density at radius 3 is 1.92 bits per heavy atom. The van der Waals surface area contributed by atoms with Crippen LogP contribution in [-0.4, -0.2) is 42.3 Å². The molecule has 9 heteroatoms. The molecule has 0 aliphatic rings. The molecule has 0 bridgehead atoms. The van der Waals surface area contributed by atoms with Crippen molar-refractivity contribution in [2.24, 2.45) is 0 Å². The van der Waals surface area contributed by atoms with Gasteiger partial charge in [0.1, 0.15) is 0 Å². The first-order chi connectivity index (χ1) is 11.2. The minimum Gasteiger partial charge on any atom is -0.388 e. The molecule has 130 valence electrons. The van der Waals surface area contributed by atoms with Crippen LogP contribution in [0.1, 0.15) is 0 Å². The number of nitrogens with one attached hydrogen (secondary N) is 2. The van der Waals surface area contributed by atoms with Crippen molar-refractivity contribution in [1.82, 2.24) is 4.31 Å². The molecule has 2 rings (SSSR count). The van der Waals surface area contributed by atoms with Crippen molar-refractivity contribution >= 4 is 31.4 Å². The van der Waals surface area contributed by atoms with E-state index >= 15 is 0 Å². The van der Waals surface area contributed by atoms with Crippen LogP contribution in [0.15, 0.2) is 58.3 Å². The Hall–Kier alpha value is -2.10. The van der Waals surface area contributed by atoms with Crippen LogP contribution >= 0.6 is 0 Å². The van der Waals surface area contributed by atoms with E-state index in [4.69, 9.17) is 0 Å². The van der Waals surface area contributed by atoms with E-state index in [0.717, 1.165) is 9.99 Å². The summed E-state index contributed by atoms with van der Waals surface area (Å²) in [6.45, 7) is 0. The minimum absolute atomic E-state index is 0.0185. The highest BCUT2D eigenvalue weighted by molar-refractivity contribution is 7.92. The molecule has 0 heterocycles. The standard InChI is InChI=1S/C15H19N3O4S2/c1-16-12-5-4-6-13(11-12)17-23(19,20)14-7-9-15(10-8-14)24(21,22)18(2)3/h4-11,16-17H,1-3H3. The van der Waals surface area contributed by atoms with E-state index in [1.165, 1.54) is 38.4 Å². The molecule has 2 aromatic carbocycles. The van der Waals surface area contributed by atoms with Crippen molar-refractivity contribution in [2.75, 3.05) is 31.2 Å². The van der Waals surface area contributed by atoms with Crippen LogP contribution in [0.3, 0.4) is 0 Å². The summed E-state index contributed by atoms with van der Waals surface area (Å²) in [4.78, 5) is 0.0127. The van der Waals surface area contributed by atoms with Crippen LogP contribution in [0.4, 0.5) is 11.4 Å². The number of anilines is 2. The molecule has 7 nitrogen and oxygen atoms in total. The number of nitrogens with zero attached hydrogens (tertiary/aromatic N) is 1. The Labute approximate surface area is 142 Å². The highest BCUT2D eigenvalue weighted by Crippen LogP contribution is 2.21. The molecule has 0 fully saturated rings. The largest absolute Gasteiger partial charge is 0.388 e. The fourth-order valence-corrected chi connectivity index (χ4v) is 3.91. The lowest BCUT2D eigenvalue weighted by Crippen LogP contribution is -2.22. The molecule has 0 saturated carbocycles. The monoisotopic (exact) mass is 369 g/mol. The van der Waals surface area contributed by atoms with Gasteiger partial charge in [0.2, 0.25) is 10.0 Å². The molecule has 0 saturated heterocycles. The summed E-state index contributed by atoms with van der Waals surface area (Å²) in [7, 11) is -2.84. The SMILES string of the molecule is CNc1cccc(NS(=O)(=O)c2ccc(S(=O)(=O)N(C)C)cc2)c1. The molecule has 0 spiro atoms. The second-order valence-electron chi connectivity index (χ2n) is 5.20. The number of benzene rings is 2. The molecule has 0 amide bonds. The highest BCUT2D eigenvalue weighted by atomic mass is 32.2. The summed E-state index contributed by atoms with van der Waals surface area (Å²) < 4.78 is 52.4. The van der Waals surface area contributed by atoms with Crippen molar-refractivity contribution < 1.29 is 16.8 Å². The van der Waals surface area contributed by atoms with Gasteiger partial charge in [0.25, 0.3) is 10.0 Å². The third kappa shape index (κ3) is 3.86.